The number of carbonyl (C=O) groups excluding carboxylic acids is 1. The number of rotatable bonds is 5. The van der Waals surface area contributed by atoms with Crippen LogP contribution in [-0.4, -0.2) is 30.6 Å². The Kier molecular flexibility index (Phi) is 4.02. The van der Waals surface area contributed by atoms with E-state index in [9.17, 15) is 13.6 Å². The van der Waals surface area contributed by atoms with Gasteiger partial charge >= 0.3 is 11.9 Å². The molecule has 1 N–H and O–H groups in total. The lowest BCUT2D eigenvalue weighted by Gasteiger charge is -2.15. The molecule has 0 radical (unpaired) electrons. The summed E-state index contributed by atoms with van der Waals surface area (Å²) in [5.41, 5.74) is 0. The molecule has 0 aliphatic carbocycles. The minimum Gasteiger partial charge on any atom is -0.456 e. The number of carbonyl (C=O) groups is 1. The monoisotopic (exact) mass is 221 g/mol. The first-order chi connectivity index (χ1) is 6.95. The number of halogens is 2. The van der Waals surface area contributed by atoms with Crippen molar-refractivity contribution in [2.24, 2.45) is 0 Å². The van der Waals surface area contributed by atoms with Crippen LogP contribution >= 0.6 is 0 Å². The van der Waals surface area contributed by atoms with Gasteiger partial charge in [0.25, 0.3) is 0 Å². The third kappa shape index (κ3) is 3.41. The van der Waals surface area contributed by atoms with Crippen LogP contribution < -0.4 is 5.32 Å². The number of ether oxygens (including phenoxy) is 1. The largest absolute Gasteiger partial charge is 0.456 e. The van der Waals surface area contributed by atoms with Crippen LogP contribution in [0.2, 0.25) is 0 Å². The number of nitrogens with one attached hydrogen (secondary N) is 1. The van der Waals surface area contributed by atoms with Crippen LogP contribution in [0.3, 0.4) is 0 Å². The molecular formula is C10H17F2NO2. The molecule has 1 aliphatic rings. The molecule has 1 rings (SSSR count). The van der Waals surface area contributed by atoms with Gasteiger partial charge in [0.1, 0.15) is 6.10 Å². The highest BCUT2D eigenvalue weighted by Gasteiger charge is 2.50. The average molecular weight is 221 g/mol. The Morgan fingerprint density at radius 1 is 1.67 bits per heavy atom. The number of alkyl halides is 2. The van der Waals surface area contributed by atoms with Gasteiger partial charge in [-0.15, -0.1) is 0 Å². The maximum absolute atomic E-state index is 12.8. The van der Waals surface area contributed by atoms with Gasteiger partial charge in [-0.2, -0.15) is 8.78 Å². The van der Waals surface area contributed by atoms with Crippen molar-refractivity contribution in [3.05, 3.63) is 0 Å². The maximum atomic E-state index is 12.8. The molecular weight excluding hydrogens is 204 g/mol. The van der Waals surface area contributed by atoms with E-state index in [0.29, 0.717) is 6.54 Å². The van der Waals surface area contributed by atoms with Crippen LogP contribution in [-0.2, 0) is 9.53 Å². The summed E-state index contributed by atoms with van der Waals surface area (Å²) in [7, 11) is 0. The van der Waals surface area contributed by atoms with Crippen LogP contribution in [0.4, 0.5) is 8.78 Å². The molecule has 0 amide bonds. The minimum absolute atomic E-state index is 0.267. The van der Waals surface area contributed by atoms with Crippen molar-refractivity contribution in [1.29, 1.82) is 0 Å². The fourth-order valence-electron chi connectivity index (χ4n) is 1.63. The highest BCUT2D eigenvalue weighted by atomic mass is 19.3. The molecule has 0 bridgehead atoms. The summed E-state index contributed by atoms with van der Waals surface area (Å²) in [5.74, 6) is -4.68. The van der Waals surface area contributed by atoms with E-state index in [1.165, 1.54) is 0 Å². The Hall–Kier alpha value is -0.710. The molecule has 2 unspecified atom stereocenters. The van der Waals surface area contributed by atoms with Crippen molar-refractivity contribution in [3.8, 4) is 0 Å². The van der Waals surface area contributed by atoms with Crippen molar-refractivity contribution < 1.29 is 18.3 Å². The first kappa shape index (κ1) is 12.4. The van der Waals surface area contributed by atoms with Crippen molar-refractivity contribution in [2.45, 2.75) is 51.2 Å². The van der Waals surface area contributed by atoms with Crippen LogP contribution in [0.1, 0.15) is 33.1 Å². The summed E-state index contributed by atoms with van der Waals surface area (Å²) >= 11 is 0. The first-order valence-corrected chi connectivity index (χ1v) is 5.28. The van der Waals surface area contributed by atoms with Crippen molar-refractivity contribution in [1.82, 2.24) is 5.32 Å². The Balaban J connectivity index is 2.27. The lowest BCUT2D eigenvalue weighted by molar-refractivity contribution is -0.159. The van der Waals surface area contributed by atoms with E-state index in [0.717, 1.165) is 12.8 Å². The van der Waals surface area contributed by atoms with Gasteiger partial charge in [0.15, 0.2) is 0 Å². The van der Waals surface area contributed by atoms with Gasteiger partial charge in [-0.25, -0.2) is 4.79 Å². The summed E-state index contributed by atoms with van der Waals surface area (Å²) in [6.45, 7) is 4.35. The van der Waals surface area contributed by atoms with E-state index in [2.05, 4.69) is 17.0 Å². The predicted octanol–water partition coefficient (Wildman–Crippen LogP) is 1.72. The zero-order valence-electron chi connectivity index (χ0n) is 9.06. The SMILES string of the molecule is CCCC(C)NCC1CC(F)(F)C(=O)O1. The fraction of sp³-hybridized carbons (Fsp3) is 0.900. The Labute approximate surface area is 88.2 Å². The highest BCUT2D eigenvalue weighted by Crippen LogP contribution is 2.30. The summed E-state index contributed by atoms with van der Waals surface area (Å²) in [4.78, 5) is 10.7. The van der Waals surface area contributed by atoms with Gasteiger partial charge in [0.2, 0.25) is 0 Å². The third-order valence-corrected chi connectivity index (χ3v) is 2.47. The van der Waals surface area contributed by atoms with Gasteiger partial charge < -0.3 is 10.1 Å². The lowest BCUT2D eigenvalue weighted by atomic mass is 10.1. The predicted molar refractivity (Wildman–Crippen MR) is 51.8 cm³/mol. The molecule has 0 aromatic heterocycles. The molecule has 0 spiro atoms. The van der Waals surface area contributed by atoms with Gasteiger partial charge in [-0.1, -0.05) is 13.3 Å². The van der Waals surface area contributed by atoms with Gasteiger partial charge in [0, 0.05) is 12.6 Å². The van der Waals surface area contributed by atoms with Crippen LogP contribution in [0, 0.1) is 0 Å². The third-order valence-electron chi connectivity index (χ3n) is 2.47. The molecule has 0 saturated carbocycles. The molecule has 1 saturated heterocycles. The molecule has 0 aromatic rings. The fourth-order valence-corrected chi connectivity index (χ4v) is 1.63. The summed E-state index contributed by atoms with van der Waals surface area (Å²) in [6, 6.07) is 0.267. The number of cyclic esters (lactones) is 1. The van der Waals surface area contributed by atoms with Gasteiger partial charge in [-0.05, 0) is 13.3 Å². The van der Waals surface area contributed by atoms with E-state index in [-0.39, 0.29) is 6.04 Å². The molecule has 1 heterocycles. The summed E-state index contributed by atoms with van der Waals surface area (Å²) in [6.07, 6.45) is 0.829. The molecule has 15 heavy (non-hydrogen) atoms. The quantitative estimate of drug-likeness (QED) is 0.718. The van der Waals surface area contributed by atoms with Crippen LogP contribution in [0.5, 0.6) is 0 Å². The molecule has 1 fully saturated rings. The Morgan fingerprint density at radius 2 is 2.33 bits per heavy atom. The van der Waals surface area contributed by atoms with E-state index in [4.69, 9.17) is 0 Å². The first-order valence-electron chi connectivity index (χ1n) is 5.28. The molecule has 0 aromatic carbocycles. The van der Waals surface area contributed by atoms with E-state index in [1.54, 1.807) is 0 Å². The van der Waals surface area contributed by atoms with Crippen LogP contribution in [0.15, 0.2) is 0 Å². The van der Waals surface area contributed by atoms with Crippen molar-refractivity contribution >= 4 is 5.97 Å². The zero-order chi connectivity index (χ0) is 11.5. The van der Waals surface area contributed by atoms with Crippen molar-refractivity contribution in [3.63, 3.8) is 0 Å². The Bertz CT molecular complexity index is 233. The van der Waals surface area contributed by atoms with E-state index < -0.39 is 24.4 Å². The number of hydrogen-bond donors (Lipinski definition) is 1. The second-order valence-corrected chi connectivity index (χ2v) is 4.03. The smallest absolute Gasteiger partial charge is 0.377 e. The van der Waals surface area contributed by atoms with Crippen LogP contribution in [0.25, 0.3) is 0 Å². The second kappa shape index (κ2) is 4.88. The van der Waals surface area contributed by atoms with Crippen molar-refractivity contribution in [2.75, 3.05) is 6.54 Å². The molecule has 2 atom stereocenters. The maximum Gasteiger partial charge on any atom is 0.377 e. The lowest BCUT2D eigenvalue weighted by Crippen LogP contribution is -2.33. The number of esters is 1. The Morgan fingerprint density at radius 3 is 2.80 bits per heavy atom. The molecule has 88 valence electrons. The molecule has 1 aliphatic heterocycles. The minimum atomic E-state index is -3.29. The van der Waals surface area contributed by atoms with E-state index >= 15 is 0 Å². The zero-order valence-corrected chi connectivity index (χ0v) is 9.06. The second-order valence-electron chi connectivity index (χ2n) is 4.03. The summed E-state index contributed by atoms with van der Waals surface area (Å²) < 4.78 is 30.1. The average Bonchev–Trinajstić information content (AvgIpc) is 2.38. The summed E-state index contributed by atoms with van der Waals surface area (Å²) in [5, 5.41) is 3.07. The number of hydrogen-bond acceptors (Lipinski definition) is 3. The standard InChI is InChI=1S/C10H17F2NO2/c1-3-4-7(2)13-6-8-5-10(11,12)9(14)15-8/h7-8,13H,3-6H2,1-2H3. The molecule has 3 nitrogen and oxygen atoms in total. The van der Waals surface area contributed by atoms with Gasteiger partial charge in [-0.3, -0.25) is 0 Å². The molecule has 5 heteroatoms. The normalized spacial score (nSPS) is 26.4. The van der Waals surface area contributed by atoms with E-state index in [1.807, 2.05) is 6.92 Å². The topological polar surface area (TPSA) is 38.3 Å². The highest BCUT2D eigenvalue weighted by molar-refractivity contribution is 5.79. The van der Waals surface area contributed by atoms with Gasteiger partial charge in [0.05, 0.1) is 6.42 Å².